The number of nitrogens with one attached hydrogen (secondary N) is 1. The van der Waals surface area contributed by atoms with Crippen molar-refractivity contribution < 1.29 is 23.9 Å². The topological polar surface area (TPSA) is 108 Å². The molecule has 1 aromatic heterocycles. The smallest absolute Gasteiger partial charge is 0.344 e. The first-order valence-electron chi connectivity index (χ1n) is 8.54. The monoisotopic (exact) mass is 476 g/mol. The summed E-state index contributed by atoms with van der Waals surface area (Å²) in [4.78, 5) is 35.6. The lowest BCUT2D eigenvalue weighted by Crippen LogP contribution is -2.32. The maximum Gasteiger partial charge on any atom is 0.344 e. The highest BCUT2D eigenvalue weighted by Crippen LogP contribution is 2.33. The average Bonchev–Trinajstić information content (AvgIpc) is 3.16. The summed E-state index contributed by atoms with van der Waals surface area (Å²) in [5.74, 6) is -1.44. The summed E-state index contributed by atoms with van der Waals surface area (Å²) in [5.41, 5.74) is 5.44. The number of carbonyl (C=O) groups is 3. The molecule has 150 valence electrons. The number of anilines is 1. The van der Waals surface area contributed by atoms with Crippen LogP contribution in [0.4, 0.5) is 5.00 Å². The Morgan fingerprint density at radius 3 is 2.69 bits per heavy atom. The van der Waals surface area contributed by atoms with Crippen LogP contribution in [0, 0.1) is 0 Å². The van der Waals surface area contributed by atoms with Gasteiger partial charge in [-0.15, -0.1) is 11.3 Å². The molecule has 0 radical (unpaired) electrons. The number of halogens is 1. The molecule has 0 saturated carbocycles. The normalized spacial score (nSPS) is 11.7. The number of carbonyl (C=O) groups excluding carboxylic acids is 3. The number of amides is 2. The standard InChI is InChI=1S/C20H17BrN2O5S/c1-11(19(26)23-20-14(18(22)25)8-9-29-20)28-16(24)10-27-15-7-6-12-4-2-3-5-13(12)17(15)21/h2-9,11H,10H2,1H3,(H2,22,25)(H,23,26). The molecule has 9 heteroatoms. The third kappa shape index (κ3) is 4.93. The van der Waals surface area contributed by atoms with E-state index in [2.05, 4.69) is 21.2 Å². The zero-order valence-corrected chi connectivity index (χ0v) is 17.7. The van der Waals surface area contributed by atoms with Crippen LogP contribution in [-0.4, -0.2) is 30.5 Å². The summed E-state index contributed by atoms with van der Waals surface area (Å²) in [5, 5.41) is 6.45. The lowest BCUT2D eigenvalue weighted by Gasteiger charge is -2.14. The van der Waals surface area contributed by atoms with Crippen molar-refractivity contribution in [2.75, 3.05) is 11.9 Å². The van der Waals surface area contributed by atoms with Crippen molar-refractivity contribution >= 4 is 60.8 Å². The minimum absolute atomic E-state index is 0.200. The lowest BCUT2D eigenvalue weighted by molar-refractivity contribution is -0.155. The Bertz CT molecular complexity index is 1080. The van der Waals surface area contributed by atoms with Crippen LogP contribution in [0.2, 0.25) is 0 Å². The number of fused-ring (bicyclic) bond motifs is 1. The number of rotatable bonds is 7. The lowest BCUT2D eigenvalue weighted by atomic mass is 10.1. The molecule has 3 N–H and O–H groups in total. The maximum atomic E-state index is 12.2. The van der Waals surface area contributed by atoms with Gasteiger partial charge in [0.15, 0.2) is 12.7 Å². The number of hydrogen-bond donors (Lipinski definition) is 2. The first-order valence-corrected chi connectivity index (χ1v) is 10.2. The van der Waals surface area contributed by atoms with Crippen LogP contribution in [0.3, 0.4) is 0 Å². The highest BCUT2D eigenvalue weighted by Gasteiger charge is 2.21. The van der Waals surface area contributed by atoms with E-state index in [1.165, 1.54) is 13.0 Å². The minimum atomic E-state index is -1.08. The van der Waals surface area contributed by atoms with Crippen LogP contribution >= 0.6 is 27.3 Å². The van der Waals surface area contributed by atoms with Crippen LogP contribution in [-0.2, 0) is 14.3 Å². The van der Waals surface area contributed by atoms with E-state index in [1.807, 2.05) is 30.3 Å². The largest absolute Gasteiger partial charge is 0.481 e. The van der Waals surface area contributed by atoms with Crippen LogP contribution < -0.4 is 15.8 Å². The molecule has 1 heterocycles. The zero-order valence-electron chi connectivity index (χ0n) is 15.3. The molecule has 0 fully saturated rings. The van der Waals surface area contributed by atoms with Gasteiger partial charge in [-0.05, 0) is 51.1 Å². The summed E-state index contributed by atoms with van der Waals surface area (Å²) in [6.45, 7) is 1.07. The van der Waals surface area contributed by atoms with Crippen LogP contribution in [0.1, 0.15) is 17.3 Å². The summed E-state index contributed by atoms with van der Waals surface area (Å²) in [6, 6.07) is 12.9. The maximum absolute atomic E-state index is 12.2. The molecule has 2 aromatic carbocycles. The van der Waals surface area contributed by atoms with Crippen LogP contribution in [0.25, 0.3) is 10.8 Å². The van der Waals surface area contributed by atoms with E-state index in [-0.39, 0.29) is 12.2 Å². The van der Waals surface area contributed by atoms with E-state index >= 15 is 0 Å². The van der Waals surface area contributed by atoms with Crippen molar-refractivity contribution in [2.24, 2.45) is 5.73 Å². The fraction of sp³-hybridized carbons (Fsp3) is 0.150. The van der Waals surface area contributed by atoms with Crippen molar-refractivity contribution in [1.82, 2.24) is 0 Å². The van der Waals surface area contributed by atoms with E-state index in [4.69, 9.17) is 15.2 Å². The molecule has 29 heavy (non-hydrogen) atoms. The molecule has 0 bridgehead atoms. The van der Waals surface area contributed by atoms with Crippen molar-refractivity contribution in [1.29, 1.82) is 0 Å². The predicted octanol–water partition coefficient (Wildman–Crippen LogP) is 3.71. The molecule has 3 rings (SSSR count). The third-order valence-electron chi connectivity index (χ3n) is 4.02. The second kappa shape index (κ2) is 9.06. The van der Waals surface area contributed by atoms with Crippen molar-refractivity contribution in [3.8, 4) is 5.75 Å². The number of benzene rings is 2. The molecule has 0 aliphatic carbocycles. The second-order valence-electron chi connectivity index (χ2n) is 6.04. The molecule has 1 unspecified atom stereocenters. The van der Waals surface area contributed by atoms with Crippen LogP contribution in [0.5, 0.6) is 5.75 Å². The van der Waals surface area contributed by atoms with Gasteiger partial charge in [0.05, 0.1) is 10.0 Å². The van der Waals surface area contributed by atoms with Crippen molar-refractivity contribution in [3.05, 3.63) is 57.9 Å². The number of thiophene rings is 1. The molecule has 1 atom stereocenters. The number of hydrogen-bond acceptors (Lipinski definition) is 6. The van der Waals surface area contributed by atoms with E-state index in [0.29, 0.717) is 10.8 Å². The highest BCUT2D eigenvalue weighted by molar-refractivity contribution is 9.10. The highest BCUT2D eigenvalue weighted by atomic mass is 79.9. The molecule has 0 aliphatic heterocycles. The zero-order chi connectivity index (χ0) is 21.0. The van der Waals surface area contributed by atoms with Gasteiger partial charge >= 0.3 is 5.97 Å². The molecule has 7 nitrogen and oxygen atoms in total. The summed E-state index contributed by atoms with van der Waals surface area (Å²) >= 11 is 4.63. The third-order valence-corrected chi connectivity index (χ3v) is 5.67. The molecule has 0 aliphatic rings. The molecular weight excluding hydrogens is 460 g/mol. The number of primary amides is 1. The number of nitrogens with two attached hydrogens (primary N) is 1. The van der Waals surface area contributed by atoms with Gasteiger partial charge in [0, 0.05) is 0 Å². The van der Waals surface area contributed by atoms with Gasteiger partial charge in [0.2, 0.25) is 0 Å². The molecule has 3 aromatic rings. The van der Waals surface area contributed by atoms with E-state index < -0.39 is 23.9 Å². The van der Waals surface area contributed by atoms with Gasteiger partial charge in [0.25, 0.3) is 11.8 Å². The second-order valence-corrected chi connectivity index (χ2v) is 7.75. The Morgan fingerprint density at radius 1 is 1.17 bits per heavy atom. The average molecular weight is 477 g/mol. The number of ether oxygens (including phenoxy) is 2. The van der Waals surface area contributed by atoms with E-state index in [9.17, 15) is 14.4 Å². The molecule has 0 spiro atoms. The Hall–Kier alpha value is -2.91. The first-order chi connectivity index (χ1) is 13.9. The fourth-order valence-electron chi connectivity index (χ4n) is 2.56. The van der Waals surface area contributed by atoms with Gasteiger partial charge in [-0.1, -0.05) is 30.3 Å². The van der Waals surface area contributed by atoms with Crippen LogP contribution in [0.15, 0.2) is 52.3 Å². The Kier molecular flexibility index (Phi) is 6.50. The van der Waals surface area contributed by atoms with Gasteiger partial charge in [-0.2, -0.15) is 0 Å². The predicted molar refractivity (Wildman–Crippen MR) is 114 cm³/mol. The van der Waals surface area contributed by atoms with Gasteiger partial charge < -0.3 is 20.5 Å². The molecule has 0 saturated heterocycles. The van der Waals surface area contributed by atoms with E-state index in [0.717, 1.165) is 26.6 Å². The SMILES string of the molecule is CC(OC(=O)COc1ccc2ccccc2c1Br)C(=O)Nc1sccc1C(N)=O. The Balaban J connectivity index is 1.56. The van der Waals surface area contributed by atoms with Gasteiger partial charge in [-0.25, -0.2) is 4.79 Å². The number of esters is 1. The summed E-state index contributed by atoms with van der Waals surface area (Å²) in [6.07, 6.45) is -1.08. The fourth-order valence-corrected chi connectivity index (χ4v) is 3.96. The van der Waals surface area contributed by atoms with Gasteiger partial charge in [0.1, 0.15) is 10.8 Å². The summed E-state index contributed by atoms with van der Waals surface area (Å²) < 4.78 is 11.4. The Labute approximate surface area is 178 Å². The quantitative estimate of drug-likeness (QED) is 0.505. The van der Waals surface area contributed by atoms with E-state index in [1.54, 1.807) is 11.4 Å². The minimum Gasteiger partial charge on any atom is -0.481 e. The van der Waals surface area contributed by atoms with Crippen molar-refractivity contribution in [2.45, 2.75) is 13.0 Å². The van der Waals surface area contributed by atoms with Gasteiger partial charge in [-0.3, -0.25) is 9.59 Å². The molecule has 2 amide bonds. The molecular formula is C20H17BrN2O5S. The Morgan fingerprint density at radius 2 is 1.93 bits per heavy atom. The summed E-state index contributed by atoms with van der Waals surface area (Å²) in [7, 11) is 0. The first kappa shape index (κ1) is 20.8. The van der Waals surface area contributed by atoms with Crippen molar-refractivity contribution in [3.63, 3.8) is 0 Å².